The normalized spacial score (nSPS) is 15.3. The molecule has 1 fully saturated rings. The highest BCUT2D eigenvalue weighted by atomic mass is 32.2. The fraction of sp³-hybridized carbons (Fsp3) is 0.333. The predicted molar refractivity (Wildman–Crippen MR) is 110 cm³/mol. The van der Waals surface area contributed by atoms with Crippen molar-refractivity contribution in [2.75, 3.05) is 24.3 Å². The van der Waals surface area contributed by atoms with Crippen LogP contribution in [0.15, 0.2) is 47.4 Å². The van der Waals surface area contributed by atoms with Gasteiger partial charge in [0.25, 0.3) is 5.91 Å². The molecule has 1 aliphatic heterocycles. The number of anilines is 1. The first-order valence-corrected chi connectivity index (χ1v) is 11.4. The van der Waals surface area contributed by atoms with Crippen LogP contribution in [0, 0.1) is 0 Å². The number of nitrogens with one attached hydrogen (secondary N) is 2. The molecule has 4 rings (SSSR count). The standard InChI is InChI=1S/C21H22N2O6S/c24-20(22-15-3-1-14(2-4-15)21(25)23-16-5-6-16)9-12-30(26,27)17-7-8-18-19(13-17)29-11-10-28-18/h1-4,7-8,13,16H,5-6,9-12H2,(H,22,24)(H,23,25). The summed E-state index contributed by atoms with van der Waals surface area (Å²) in [5, 5.41) is 5.55. The van der Waals surface area contributed by atoms with Crippen molar-refractivity contribution in [2.45, 2.75) is 30.2 Å². The number of hydrogen-bond acceptors (Lipinski definition) is 6. The Hall–Kier alpha value is -3.07. The van der Waals surface area contributed by atoms with E-state index in [1.165, 1.54) is 12.1 Å². The molecule has 30 heavy (non-hydrogen) atoms. The summed E-state index contributed by atoms with van der Waals surface area (Å²) in [7, 11) is -3.65. The number of carbonyl (C=O) groups is 2. The maximum atomic E-state index is 12.6. The highest BCUT2D eigenvalue weighted by molar-refractivity contribution is 7.91. The lowest BCUT2D eigenvalue weighted by atomic mass is 10.2. The van der Waals surface area contributed by atoms with Gasteiger partial charge < -0.3 is 20.1 Å². The van der Waals surface area contributed by atoms with E-state index in [1.807, 2.05) is 0 Å². The summed E-state index contributed by atoms with van der Waals surface area (Å²) in [6.45, 7) is 0.783. The third kappa shape index (κ3) is 4.91. The van der Waals surface area contributed by atoms with Crippen molar-refractivity contribution >= 4 is 27.3 Å². The number of ether oxygens (including phenoxy) is 2. The number of fused-ring (bicyclic) bond motifs is 1. The molecule has 2 amide bonds. The summed E-state index contributed by atoms with van der Waals surface area (Å²) in [5.41, 5.74) is 1.01. The second-order valence-electron chi connectivity index (χ2n) is 7.25. The molecule has 158 valence electrons. The van der Waals surface area contributed by atoms with Gasteiger partial charge in [0, 0.05) is 29.8 Å². The highest BCUT2D eigenvalue weighted by Gasteiger charge is 2.24. The molecular formula is C21H22N2O6S. The summed E-state index contributed by atoms with van der Waals surface area (Å²) in [6, 6.07) is 11.2. The van der Waals surface area contributed by atoms with Gasteiger partial charge in [0.2, 0.25) is 5.91 Å². The number of rotatable bonds is 7. The molecule has 8 nitrogen and oxygen atoms in total. The van der Waals surface area contributed by atoms with Crippen LogP contribution in [-0.2, 0) is 14.6 Å². The van der Waals surface area contributed by atoms with Crippen molar-refractivity contribution in [3.05, 3.63) is 48.0 Å². The Balaban J connectivity index is 1.32. The van der Waals surface area contributed by atoms with E-state index in [9.17, 15) is 18.0 Å². The van der Waals surface area contributed by atoms with Crippen LogP contribution in [0.1, 0.15) is 29.6 Å². The molecule has 2 aliphatic rings. The maximum absolute atomic E-state index is 12.6. The number of hydrogen-bond donors (Lipinski definition) is 2. The van der Waals surface area contributed by atoms with E-state index < -0.39 is 15.7 Å². The molecule has 1 heterocycles. The van der Waals surface area contributed by atoms with Crippen molar-refractivity contribution in [3.63, 3.8) is 0 Å². The van der Waals surface area contributed by atoms with E-state index >= 15 is 0 Å². The Kier molecular flexibility index (Phi) is 5.63. The maximum Gasteiger partial charge on any atom is 0.251 e. The van der Waals surface area contributed by atoms with Gasteiger partial charge in [-0.05, 0) is 49.2 Å². The van der Waals surface area contributed by atoms with Crippen molar-refractivity contribution in [1.29, 1.82) is 0 Å². The van der Waals surface area contributed by atoms with Crippen LogP contribution in [0.4, 0.5) is 5.69 Å². The van der Waals surface area contributed by atoms with Crippen molar-refractivity contribution in [1.82, 2.24) is 5.32 Å². The topological polar surface area (TPSA) is 111 Å². The van der Waals surface area contributed by atoms with Crippen molar-refractivity contribution in [3.8, 4) is 11.5 Å². The molecule has 0 spiro atoms. The zero-order chi connectivity index (χ0) is 21.1. The monoisotopic (exact) mass is 430 g/mol. The highest BCUT2D eigenvalue weighted by Crippen LogP contribution is 2.32. The minimum atomic E-state index is -3.65. The number of carbonyl (C=O) groups excluding carboxylic acids is 2. The van der Waals surface area contributed by atoms with Crippen molar-refractivity contribution in [2.24, 2.45) is 0 Å². The molecule has 0 radical (unpaired) electrons. The molecule has 1 aliphatic carbocycles. The van der Waals surface area contributed by atoms with Gasteiger partial charge in [0.05, 0.1) is 10.6 Å². The quantitative estimate of drug-likeness (QED) is 0.696. The van der Waals surface area contributed by atoms with Gasteiger partial charge in [-0.15, -0.1) is 0 Å². The fourth-order valence-corrected chi connectivity index (χ4v) is 4.24. The Morgan fingerprint density at radius 3 is 2.37 bits per heavy atom. The third-order valence-electron chi connectivity index (χ3n) is 4.81. The smallest absolute Gasteiger partial charge is 0.251 e. The SMILES string of the molecule is O=C(CCS(=O)(=O)c1ccc2c(c1)OCCO2)Nc1ccc(C(=O)NC2CC2)cc1. The van der Waals surface area contributed by atoms with Gasteiger partial charge in [-0.25, -0.2) is 8.42 Å². The first kappa shape index (κ1) is 20.2. The Bertz CT molecular complexity index is 1060. The number of sulfone groups is 1. The van der Waals surface area contributed by atoms with E-state index in [0.717, 1.165) is 12.8 Å². The van der Waals surface area contributed by atoms with E-state index in [1.54, 1.807) is 30.3 Å². The molecule has 9 heteroatoms. The second-order valence-corrected chi connectivity index (χ2v) is 9.36. The van der Waals surface area contributed by atoms with Gasteiger partial charge in [-0.2, -0.15) is 0 Å². The van der Waals surface area contributed by atoms with E-state index in [0.29, 0.717) is 36.0 Å². The largest absolute Gasteiger partial charge is 0.486 e. The number of amides is 2. The Morgan fingerprint density at radius 2 is 1.67 bits per heavy atom. The summed E-state index contributed by atoms with van der Waals surface area (Å²) in [5.74, 6) is -0.00243. The Labute approximate surface area is 174 Å². The van der Waals surface area contributed by atoms with Crippen LogP contribution in [0.5, 0.6) is 11.5 Å². The molecule has 0 unspecified atom stereocenters. The molecule has 2 aromatic rings. The molecule has 0 atom stereocenters. The minimum absolute atomic E-state index is 0.0885. The lowest BCUT2D eigenvalue weighted by Gasteiger charge is -2.18. The molecule has 2 aromatic carbocycles. The van der Waals surface area contributed by atoms with E-state index in [-0.39, 0.29) is 29.0 Å². The van der Waals surface area contributed by atoms with E-state index in [4.69, 9.17) is 9.47 Å². The van der Waals surface area contributed by atoms with Gasteiger partial charge in [0.15, 0.2) is 21.3 Å². The van der Waals surface area contributed by atoms with Gasteiger partial charge >= 0.3 is 0 Å². The average Bonchev–Trinajstić information content (AvgIpc) is 3.56. The van der Waals surface area contributed by atoms with E-state index in [2.05, 4.69) is 10.6 Å². The molecular weight excluding hydrogens is 408 g/mol. The average molecular weight is 430 g/mol. The van der Waals surface area contributed by atoms with Crippen LogP contribution in [0.2, 0.25) is 0 Å². The molecule has 0 aromatic heterocycles. The van der Waals surface area contributed by atoms with Crippen LogP contribution < -0.4 is 20.1 Å². The first-order chi connectivity index (χ1) is 14.4. The lowest BCUT2D eigenvalue weighted by Crippen LogP contribution is -2.25. The summed E-state index contributed by atoms with van der Waals surface area (Å²) in [4.78, 5) is 24.3. The van der Waals surface area contributed by atoms with Crippen LogP contribution in [-0.4, -0.2) is 45.2 Å². The van der Waals surface area contributed by atoms with Gasteiger partial charge in [-0.3, -0.25) is 9.59 Å². The molecule has 1 saturated carbocycles. The molecule has 0 saturated heterocycles. The predicted octanol–water partition coefficient (Wildman–Crippen LogP) is 2.15. The zero-order valence-electron chi connectivity index (χ0n) is 16.2. The minimum Gasteiger partial charge on any atom is -0.486 e. The summed E-state index contributed by atoms with van der Waals surface area (Å²) < 4.78 is 35.9. The van der Waals surface area contributed by atoms with Crippen LogP contribution >= 0.6 is 0 Å². The van der Waals surface area contributed by atoms with Crippen molar-refractivity contribution < 1.29 is 27.5 Å². The van der Waals surface area contributed by atoms with Gasteiger partial charge in [-0.1, -0.05) is 0 Å². The molecule has 0 bridgehead atoms. The summed E-state index contributed by atoms with van der Waals surface area (Å²) in [6.07, 6.45) is 1.82. The zero-order valence-corrected chi connectivity index (χ0v) is 17.0. The second kappa shape index (κ2) is 8.35. The summed E-state index contributed by atoms with van der Waals surface area (Å²) >= 11 is 0. The molecule has 2 N–H and O–H groups in total. The lowest BCUT2D eigenvalue weighted by molar-refractivity contribution is -0.115. The number of benzene rings is 2. The van der Waals surface area contributed by atoms with Crippen LogP contribution in [0.25, 0.3) is 0 Å². The Morgan fingerprint density at radius 1 is 0.967 bits per heavy atom. The fourth-order valence-electron chi connectivity index (χ4n) is 2.99. The first-order valence-electron chi connectivity index (χ1n) is 9.74. The van der Waals surface area contributed by atoms with Crippen LogP contribution in [0.3, 0.4) is 0 Å². The third-order valence-corrected chi connectivity index (χ3v) is 6.53. The van der Waals surface area contributed by atoms with Gasteiger partial charge in [0.1, 0.15) is 13.2 Å².